The summed E-state index contributed by atoms with van der Waals surface area (Å²) in [5.41, 5.74) is 1.01. The lowest BCUT2D eigenvalue weighted by Gasteiger charge is -2.11. The molecule has 0 aliphatic rings. The molecule has 0 unspecified atom stereocenters. The van der Waals surface area contributed by atoms with Crippen molar-refractivity contribution in [1.82, 2.24) is 9.97 Å². The van der Waals surface area contributed by atoms with Gasteiger partial charge in [-0.2, -0.15) is 5.26 Å². The molecule has 0 spiro atoms. The Morgan fingerprint density at radius 2 is 2.12 bits per heavy atom. The number of halogens is 1. The van der Waals surface area contributed by atoms with Gasteiger partial charge in [0, 0.05) is 10.5 Å². The molecule has 0 aliphatic heterocycles. The van der Waals surface area contributed by atoms with Gasteiger partial charge in [-0.3, -0.25) is 10.1 Å². The van der Waals surface area contributed by atoms with Crippen LogP contribution < -0.4 is 5.11 Å². The van der Waals surface area contributed by atoms with Gasteiger partial charge in [0.1, 0.15) is 11.9 Å². The van der Waals surface area contributed by atoms with Crippen LogP contribution in [0, 0.1) is 21.4 Å². The van der Waals surface area contributed by atoms with Crippen LogP contribution in [0.2, 0.25) is 0 Å². The number of hydrogen-bond donors (Lipinski definition) is 1. The maximum atomic E-state index is 12.2. The second-order valence-corrected chi connectivity index (χ2v) is 5.79. The summed E-state index contributed by atoms with van der Waals surface area (Å²) >= 11 is 3.13. The Labute approximate surface area is 144 Å². The van der Waals surface area contributed by atoms with E-state index in [4.69, 9.17) is 0 Å². The van der Waals surface area contributed by atoms with Crippen molar-refractivity contribution in [2.45, 2.75) is 0 Å². The van der Waals surface area contributed by atoms with Crippen LogP contribution in [-0.2, 0) is 0 Å². The highest BCUT2D eigenvalue weighted by molar-refractivity contribution is 9.10. The summed E-state index contributed by atoms with van der Waals surface area (Å²) in [6.45, 7) is 0. The summed E-state index contributed by atoms with van der Waals surface area (Å²) in [5.74, 6) is -0.465. The number of allylic oxidation sites excluding steroid dienone is 1. The molecule has 0 amide bonds. The minimum atomic E-state index is -0.757. The number of benzene rings is 2. The van der Waals surface area contributed by atoms with Crippen LogP contribution in [0.1, 0.15) is 11.4 Å². The number of aromatic amines is 1. The van der Waals surface area contributed by atoms with E-state index in [9.17, 15) is 20.5 Å². The van der Waals surface area contributed by atoms with Crippen LogP contribution in [0.25, 0.3) is 22.7 Å². The number of nitrogens with one attached hydrogen (secondary N) is 1. The molecule has 118 valence electrons. The molecule has 2 aromatic carbocycles. The molecule has 0 fully saturated rings. The van der Waals surface area contributed by atoms with Gasteiger partial charge in [-0.25, -0.2) is 4.98 Å². The number of nitriles is 1. The van der Waals surface area contributed by atoms with Crippen LogP contribution in [-0.4, -0.2) is 14.9 Å². The lowest BCUT2D eigenvalue weighted by atomic mass is 10.1. The van der Waals surface area contributed by atoms with Gasteiger partial charge in [-0.15, -0.1) is 0 Å². The lowest BCUT2D eigenvalue weighted by molar-refractivity contribution is -0.398. The zero-order chi connectivity index (χ0) is 17.3. The van der Waals surface area contributed by atoms with E-state index in [1.807, 2.05) is 24.3 Å². The summed E-state index contributed by atoms with van der Waals surface area (Å²) in [6.07, 6.45) is 1.29. The number of fused-ring (bicyclic) bond motifs is 1. The topological polar surface area (TPSA) is 119 Å². The van der Waals surface area contributed by atoms with Crippen molar-refractivity contribution in [3.05, 3.63) is 62.4 Å². The molecular formula is C16H8BrN4O3-. The van der Waals surface area contributed by atoms with Crippen molar-refractivity contribution in [2.75, 3.05) is 0 Å². The highest BCUT2D eigenvalue weighted by Gasteiger charge is 2.13. The summed E-state index contributed by atoms with van der Waals surface area (Å²) in [5, 5.41) is 32.5. The zero-order valence-corrected chi connectivity index (χ0v) is 13.6. The van der Waals surface area contributed by atoms with Gasteiger partial charge in [-0.05, 0) is 35.6 Å². The third-order valence-corrected chi connectivity index (χ3v) is 3.78. The van der Waals surface area contributed by atoms with Gasteiger partial charge in [0.05, 0.1) is 21.5 Å². The molecule has 24 heavy (non-hydrogen) atoms. The third-order valence-electron chi connectivity index (χ3n) is 3.32. The fourth-order valence-electron chi connectivity index (χ4n) is 2.23. The van der Waals surface area contributed by atoms with E-state index in [-0.39, 0.29) is 11.1 Å². The first-order chi connectivity index (χ1) is 11.5. The molecule has 0 bridgehead atoms. The number of nitrogens with zero attached hydrogens (tertiary/aromatic N) is 3. The van der Waals surface area contributed by atoms with Crippen LogP contribution in [0.15, 0.2) is 40.9 Å². The van der Waals surface area contributed by atoms with Crippen LogP contribution >= 0.6 is 15.9 Å². The first-order valence-corrected chi connectivity index (χ1v) is 7.51. The molecule has 0 atom stereocenters. The number of H-pyrrole nitrogens is 1. The average molecular weight is 384 g/mol. The molecule has 1 heterocycles. The molecule has 3 aromatic rings. The Hall–Kier alpha value is -3.18. The third kappa shape index (κ3) is 2.85. The maximum absolute atomic E-state index is 12.2. The number of rotatable bonds is 3. The first-order valence-electron chi connectivity index (χ1n) is 6.71. The Balaban J connectivity index is 2.15. The molecule has 1 aromatic heterocycles. The fraction of sp³-hybridized carbons (Fsp3) is 0. The monoisotopic (exact) mass is 383 g/mol. The van der Waals surface area contributed by atoms with Gasteiger partial charge in [0.25, 0.3) is 5.69 Å². The number of nitro groups is 1. The highest BCUT2D eigenvalue weighted by Crippen LogP contribution is 2.33. The van der Waals surface area contributed by atoms with Crippen LogP contribution in [0.4, 0.5) is 5.69 Å². The molecular weight excluding hydrogens is 376 g/mol. The van der Waals surface area contributed by atoms with E-state index < -0.39 is 16.4 Å². The van der Waals surface area contributed by atoms with E-state index in [2.05, 4.69) is 25.9 Å². The van der Waals surface area contributed by atoms with Crippen molar-refractivity contribution in [2.24, 2.45) is 0 Å². The van der Waals surface area contributed by atoms with E-state index in [1.54, 1.807) is 6.07 Å². The molecule has 0 saturated heterocycles. The molecule has 0 saturated carbocycles. The largest absolute Gasteiger partial charge is 0.867 e. The lowest BCUT2D eigenvalue weighted by Crippen LogP contribution is -2.00. The van der Waals surface area contributed by atoms with Crippen molar-refractivity contribution in [3.63, 3.8) is 0 Å². The molecule has 3 rings (SSSR count). The number of imidazole rings is 1. The SMILES string of the molecule is N#C/C(=C\c1cc(Br)cc([N+](=O)[O-])c1[O-])c1nc2ccccc2[nH]1. The van der Waals surface area contributed by atoms with Crippen molar-refractivity contribution < 1.29 is 10.0 Å². The number of para-hydroxylation sites is 2. The van der Waals surface area contributed by atoms with Gasteiger partial charge in [-0.1, -0.05) is 28.1 Å². The highest BCUT2D eigenvalue weighted by atomic mass is 79.9. The standard InChI is InChI=1S/C16H9BrN4O3/c17-11-6-9(15(22)14(7-11)21(23)24)5-10(8-18)16-19-12-3-1-2-4-13(12)20-16/h1-7,22H,(H,19,20)/p-1/b10-5+. The summed E-state index contributed by atoms with van der Waals surface area (Å²) in [4.78, 5) is 17.5. The van der Waals surface area contributed by atoms with Gasteiger partial charge >= 0.3 is 0 Å². The molecule has 0 aliphatic carbocycles. The summed E-state index contributed by atoms with van der Waals surface area (Å²) < 4.78 is 0.377. The Bertz CT molecular complexity index is 1000. The molecule has 0 radical (unpaired) electrons. The number of aromatic nitrogens is 2. The van der Waals surface area contributed by atoms with Crippen molar-refractivity contribution in [1.29, 1.82) is 5.26 Å². The zero-order valence-electron chi connectivity index (χ0n) is 12.0. The first kappa shape index (κ1) is 15.7. The van der Waals surface area contributed by atoms with Crippen molar-refractivity contribution >= 4 is 44.3 Å². The van der Waals surface area contributed by atoms with E-state index in [0.29, 0.717) is 15.8 Å². The summed E-state index contributed by atoms with van der Waals surface area (Å²) in [7, 11) is 0. The Kier molecular flexibility index (Phi) is 4.02. The van der Waals surface area contributed by atoms with Gasteiger partial charge in [0.15, 0.2) is 0 Å². The smallest absolute Gasteiger partial charge is 0.263 e. The van der Waals surface area contributed by atoms with E-state index >= 15 is 0 Å². The van der Waals surface area contributed by atoms with Crippen molar-refractivity contribution in [3.8, 4) is 11.8 Å². The normalized spacial score (nSPS) is 11.4. The minimum absolute atomic E-state index is 0.0353. The molecule has 8 heteroatoms. The van der Waals surface area contributed by atoms with Gasteiger partial charge < -0.3 is 10.1 Å². The second-order valence-electron chi connectivity index (χ2n) is 4.87. The van der Waals surface area contributed by atoms with Gasteiger partial charge in [0.2, 0.25) is 0 Å². The van der Waals surface area contributed by atoms with E-state index in [1.165, 1.54) is 12.1 Å². The predicted molar refractivity (Wildman–Crippen MR) is 89.8 cm³/mol. The minimum Gasteiger partial charge on any atom is -0.867 e. The Morgan fingerprint density at radius 3 is 2.79 bits per heavy atom. The Morgan fingerprint density at radius 1 is 1.38 bits per heavy atom. The van der Waals surface area contributed by atoms with Crippen LogP contribution in [0.5, 0.6) is 5.75 Å². The maximum Gasteiger partial charge on any atom is 0.263 e. The summed E-state index contributed by atoms with van der Waals surface area (Å²) in [6, 6.07) is 11.8. The van der Waals surface area contributed by atoms with Crippen LogP contribution in [0.3, 0.4) is 0 Å². The molecule has 1 N–H and O–H groups in total. The fourth-order valence-corrected chi connectivity index (χ4v) is 2.70. The average Bonchev–Trinajstić information content (AvgIpc) is 2.98. The second kappa shape index (κ2) is 6.14. The predicted octanol–water partition coefficient (Wildman–Crippen LogP) is 3.37. The number of hydrogen-bond acceptors (Lipinski definition) is 5. The number of nitro benzene ring substituents is 1. The quantitative estimate of drug-likeness (QED) is 0.422. The molecule has 7 nitrogen and oxygen atoms in total. The van der Waals surface area contributed by atoms with E-state index in [0.717, 1.165) is 11.6 Å².